The van der Waals surface area contributed by atoms with Crippen LogP contribution in [0.3, 0.4) is 0 Å². The number of carbonyl (C=O) groups is 4. The molecule has 4 aliphatic heterocycles. The summed E-state index contributed by atoms with van der Waals surface area (Å²) in [6.07, 6.45) is 3.19. The minimum atomic E-state index is -1.09. The molecule has 4 amide bonds. The summed E-state index contributed by atoms with van der Waals surface area (Å²) in [4.78, 5) is 72.3. The van der Waals surface area contributed by atoms with E-state index < -0.39 is 23.9 Å². The lowest BCUT2D eigenvalue weighted by Crippen LogP contribution is -2.53. The van der Waals surface area contributed by atoms with Gasteiger partial charge in [0.05, 0.1) is 11.4 Å². The second-order valence-electron chi connectivity index (χ2n) is 14.7. The number of hydrogen-bond acceptors (Lipinski definition) is 8. The SMILES string of the molecule is Cc1cc(C[C@@H](OC(=O)N2CCC(N3CCc4ccccc4NC3=O)CC2)C(=O)N2CCC(N3CCC(C(=O)O)CC3)CC2)cc2oc(=O)n(C)c12. The van der Waals surface area contributed by atoms with Gasteiger partial charge in [0.25, 0.3) is 5.91 Å². The number of hydrogen-bond donors (Lipinski definition) is 2. The number of oxazole rings is 1. The second kappa shape index (κ2) is 15.0. The Kier molecular flexibility index (Phi) is 10.3. The molecule has 0 saturated carbocycles. The third-order valence-electron chi connectivity index (χ3n) is 11.5. The molecular formula is C38H48N6O8. The van der Waals surface area contributed by atoms with E-state index >= 15 is 0 Å². The van der Waals surface area contributed by atoms with Gasteiger partial charge >= 0.3 is 23.8 Å². The summed E-state index contributed by atoms with van der Waals surface area (Å²) in [7, 11) is 1.65. The molecule has 4 aliphatic rings. The maximum absolute atomic E-state index is 14.2. The largest absolute Gasteiger partial charge is 0.481 e. The van der Waals surface area contributed by atoms with Crippen molar-refractivity contribution in [2.45, 2.75) is 76.5 Å². The van der Waals surface area contributed by atoms with Crippen LogP contribution < -0.4 is 11.1 Å². The van der Waals surface area contributed by atoms with Crippen molar-refractivity contribution < 1.29 is 33.4 Å². The van der Waals surface area contributed by atoms with Crippen LogP contribution in [0.1, 0.15) is 55.2 Å². The number of aromatic nitrogens is 1. The zero-order chi connectivity index (χ0) is 36.5. The van der Waals surface area contributed by atoms with Crippen LogP contribution in [0.25, 0.3) is 11.1 Å². The Hall–Kier alpha value is -4.85. The lowest BCUT2D eigenvalue weighted by molar-refractivity contribution is -0.145. The molecule has 1 atom stereocenters. The Morgan fingerprint density at radius 3 is 2.29 bits per heavy atom. The van der Waals surface area contributed by atoms with Crippen molar-refractivity contribution in [1.82, 2.24) is 24.2 Å². The zero-order valence-corrected chi connectivity index (χ0v) is 29.9. The number of anilines is 1. The second-order valence-corrected chi connectivity index (χ2v) is 14.7. The van der Waals surface area contributed by atoms with Crippen LogP contribution in [0.5, 0.6) is 0 Å². The lowest BCUT2D eigenvalue weighted by atomic mass is 9.93. The van der Waals surface area contributed by atoms with Gasteiger partial charge in [-0.15, -0.1) is 0 Å². The van der Waals surface area contributed by atoms with Gasteiger partial charge in [0.2, 0.25) is 0 Å². The van der Waals surface area contributed by atoms with Crippen molar-refractivity contribution in [3.8, 4) is 0 Å². The number of urea groups is 1. The number of likely N-dealkylation sites (tertiary alicyclic amines) is 3. The fourth-order valence-corrected chi connectivity index (χ4v) is 8.55. The highest BCUT2D eigenvalue weighted by Gasteiger charge is 2.37. The molecule has 1 aromatic heterocycles. The van der Waals surface area contributed by atoms with Crippen LogP contribution in [0.15, 0.2) is 45.6 Å². The average Bonchev–Trinajstić information content (AvgIpc) is 3.32. The van der Waals surface area contributed by atoms with Crippen LogP contribution in [-0.4, -0.2) is 117 Å². The standard InChI is InChI=1S/C38H48N6O8/c1-24-21-25(22-31-33(24)40(2)37(49)51-31)23-32(34(45)42-16-10-28(11-17-42)41-14-7-27(8-15-41)35(46)47)52-38(50)43-18-12-29(13-19-43)44-20-9-26-5-3-4-6-30(26)39-36(44)48/h3-6,21-22,27-29,32H,7-20,23H2,1-2H3,(H,39,48)(H,46,47)/t32-/m1/s1. The molecule has 5 heterocycles. The molecule has 14 heteroatoms. The van der Waals surface area contributed by atoms with E-state index in [4.69, 9.17) is 9.15 Å². The Morgan fingerprint density at radius 1 is 0.904 bits per heavy atom. The first kappa shape index (κ1) is 35.5. The first-order valence-electron chi connectivity index (χ1n) is 18.5. The highest BCUT2D eigenvalue weighted by atomic mass is 16.6. The van der Waals surface area contributed by atoms with Gasteiger partial charge in [0, 0.05) is 64.0 Å². The molecule has 3 saturated heterocycles. The molecule has 278 valence electrons. The molecule has 3 aromatic rings. The minimum Gasteiger partial charge on any atom is -0.481 e. The summed E-state index contributed by atoms with van der Waals surface area (Å²) in [6, 6.07) is 11.6. The van der Waals surface area contributed by atoms with Crippen LogP contribution >= 0.6 is 0 Å². The summed E-state index contributed by atoms with van der Waals surface area (Å²) < 4.78 is 13.0. The third-order valence-corrected chi connectivity index (χ3v) is 11.5. The third kappa shape index (κ3) is 7.39. The highest BCUT2D eigenvalue weighted by molar-refractivity contribution is 5.91. The fourth-order valence-electron chi connectivity index (χ4n) is 8.55. The molecule has 0 bridgehead atoms. The van der Waals surface area contributed by atoms with Gasteiger partial charge in [-0.05, 0) is 93.8 Å². The smallest absolute Gasteiger partial charge is 0.419 e. The van der Waals surface area contributed by atoms with E-state index in [-0.39, 0.29) is 36.4 Å². The predicted molar refractivity (Wildman–Crippen MR) is 192 cm³/mol. The molecule has 14 nitrogen and oxygen atoms in total. The van der Waals surface area contributed by atoms with Gasteiger partial charge in [-0.1, -0.05) is 24.3 Å². The number of piperidine rings is 3. The number of carboxylic acid groups (broad SMARTS) is 1. The summed E-state index contributed by atoms with van der Waals surface area (Å²) in [6.45, 7) is 5.75. The van der Waals surface area contributed by atoms with E-state index in [0.29, 0.717) is 75.1 Å². The lowest BCUT2D eigenvalue weighted by Gasteiger charge is -2.42. The Labute approximate surface area is 302 Å². The monoisotopic (exact) mass is 716 g/mol. The Morgan fingerprint density at radius 2 is 1.58 bits per heavy atom. The summed E-state index contributed by atoms with van der Waals surface area (Å²) >= 11 is 0. The Bertz CT molecular complexity index is 1880. The summed E-state index contributed by atoms with van der Waals surface area (Å²) in [5, 5.41) is 12.4. The zero-order valence-electron chi connectivity index (χ0n) is 29.9. The van der Waals surface area contributed by atoms with Crippen molar-refractivity contribution in [3.05, 3.63) is 63.6 Å². The van der Waals surface area contributed by atoms with Gasteiger partial charge < -0.3 is 39.2 Å². The van der Waals surface area contributed by atoms with Crippen molar-refractivity contribution in [1.29, 1.82) is 0 Å². The number of carbonyl (C=O) groups excluding carboxylic acids is 3. The highest BCUT2D eigenvalue weighted by Crippen LogP contribution is 2.28. The number of ether oxygens (including phenoxy) is 1. The predicted octanol–water partition coefficient (Wildman–Crippen LogP) is 3.83. The Balaban J connectivity index is 1.01. The minimum absolute atomic E-state index is 0.0257. The molecule has 0 spiro atoms. The molecule has 52 heavy (non-hydrogen) atoms. The van der Waals surface area contributed by atoms with Crippen molar-refractivity contribution >= 4 is 40.8 Å². The number of fused-ring (bicyclic) bond motifs is 2. The maximum atomic E-state index is 14.2. The number of carboxylic acids is 1. The first-order valence-corrected chi connectivity index (χ1v) is 18.5. The number of benzene rings is 2. The van der Waals surface area contributed by atoms with Gasteiger partial charge in [-0.3, -0.25) is 14.2 Å². The number of amides is 4. The van der Waals surface area contributed by atoms with Crippen LogP contribution in [0, 0.1) is 12.8 Å². The van der Waals surface area contributed by atoms with E-state index in [1.165, 1.54) is 4.57 Å². The number of aryl methyl sites for hydroxylation is 2. The van der Waals surface area contributed by atoms with Crippen molar-refractivity contribution in [2.24, 2.45) is 13.0 Å². The number of para-hydroxylation sites is 1. The molecule has 3 fully saturated rings. The molecule has 0 unspecified atom stereocenters. The topological polar surface area (TPSA) is 158 Å². The molecule has 2 N–H and O–H groups in total. The molecule has 0 aliphatic carbocycles. The van der Waals surface area contributed by atoms with Crippen molar-refractivity contribution in [3.63, 3.8) is 0 Å². The molecular weight excluding hydrogens is 668 g/mol. The van der Waals surface area contributed by atoms with Gasteiger partial charge in [0.1, 0.15) is 0 Å². The van der Waals surface area contributed by atoms with Gasteiger partial charge in [0.15, 0.2) is 11.7 Å². The van der Waals surface area contributed by atoms with E-state index in [9.17, 15) is 29.1 Å². The van der Waals surface area contributed by atoms with Gasteiger partial charge in [-0.2, -0.15) is 0 Å². The first-order chi connectivity index (χ1) is 25.0. The van der Waals surface area contributed by atoms with Crippen molar-refractivity contribution in [2.75, 3.05) is 51.1 Å². The number of rotatable bonds is 7. The number of nitrogens with zero attached hydrogens (tertiary/aromatic N) is 5. The van der Waals surface area contributed by atoms with E-state index in [0.717, 1.165) is 49.2 Å². The molecule has 7 rings (SSSR count). The number of nitrogens with one attached hydrogen (secondary N) is 1. The van der Waals surface area contributed by atoms with Crippen LogP contribution in [0.4, 0.5) is 15.3 Å². The number of aliphatic carboxylic acids is 1. The maximum Gasteiger partial charge on any atom is 0.419 e. The summed E-state index contributed by atoms with van der Waals surface area (Å²) in [5.41, 5.74) is 4.55. The van der Waals surface area contributed by atoms with Gasteiger partial charge in [-0.25, -0.2) is 14.4 Å². The normalized spacial score (nSPS) is 20.3. The summed E-state index contributed by atoms with van der Waals surface area (Å²) in [5.74, 6) is -1.77. The van der Waals surface area contributed by atoms with E-state index in [2.05, 4.69) is 10.2 Å². The molecule has 0 radical (unpaired) electrons. The quantitative estimate of drug-likeness (QED) is 0.371. The van der Waals surface area contributed by atoms with E-state index in [1.807, 2.05) is 42.2 Å². The van der Waals surface area contributed by atoms with Crippen LogP contribution in [-0.2, 0) is 34.2 Å². The van der Waals surface area contributed by atoms with E-state index in [1.54, 1.807) is 22.9 Å². The van der Waals surface area contributed by atoms with Crippen LogP contribution in [0.2, 0.25) is 0 Å². The fraction of sp³-hybridized carbons (Fsp3) is 0.553. The molecule has 2 aromatic carbocycles. The average molecular weight is 717 g/mol.